The second-order valence-corrected chi connectivity index (χ2v) is 4.39. The molecule has 0 aliphatic heterocycles. The topological polar surface area (TPSA) is 46.6 Å². The summed E-state index contributed by atoms with van der Waals surface area (Å²) in [5.74, 6) is -0.125. The number of aldehydes is 1. The van der Waals surface area contributed by atoms with Crippen molar-refractivity contribution in [2.75, 3.05) is 25.1 Å². The molecule has 0 amide bonds. The second kappa shape index (κ2) is 8.29. The molecule has 1 aromatic rings. The van der Waals surface area contributed by atoms with E-state index in [0.29, 0.717) is 18.6 Å². The molecule has 0 spiro atoms. The molecule has 0 aliphatic carbocycles. The lowest BCUT2D eigenvalue weighted by Gasteiger charge is -2.19. The van der Waals surface area contributed by atoms with Crippen LogP contribution in [0.3, 0.4) is 0 Å². The monoisotopic (exact) mass is 263 g/mol. The van der Waals surface area contributed by atoms with E-state index < -0.39 is 0 Å². The number of carbonyl (C=O) groups excluding carboxylic acids is 2. The largest absolute Gasteiger partial charge is 0.466 e. The van der Waals surface area contributed by atoms with Crippen LogP contribution >= 0.6 is 0 Å². The van der Waals surface area contributed by atoms with Gasteiger partial charge in [0, 0.05) is 31.3 Å². The normalized spacial score (nSPS) is 10.0. The Morgan fingerprint density at radius 2 is 1.95 bits per heavy atom. The predicted octanol–water partition coefficient (Wildman–Crippen LogP) is 2.67. The van der Waals surface area contributed by atoms with Crippen molar-refractivity contribution in [2.45, 2.75) is 26.2 Å². The van der Waals surface area contributed by atoms with E-state index >= 15 is 0 Å². The summed E-state index contributed by atoms with van der Waals surface area (Å²) in [6.07, 6.45) is 3.08. The van der Waals surface area contributed by atoms with Gasteiger partial charge in [-0.1, -0.05) is 0 Å². The maximum Gasteiger partial charge on any atom is 0.305 e. The van der Waals surface area contributed by atoms with Gasteiger partial charge in [-0.3, -0.25) is 9.59 Å². The Hall–Kier alpha value is -1.84. The van der Waals surface area contributed by atoms with E-state index in [1.165, 1.54) is 0 Å². The Balaban J connectivity index is 2.28. The predicted molar refractivity (Wildman–Crippen MR) is 75.6 cm³/mol. The average molecular weight is 263 g/mol. The van der Waals surface area contributed by atoms with Crippen LogP contribution in [0, 0.1) is 0 Å². The Morgan fingerprint density at radius 3 is 2.53 bits per heavy atom. The van der Waals surface area contributed by atoms with Crippen LogP contribution in [0.1, 0.15) is 36.5 Å². The molecule has 0 radical (unpaired) electrons. The number of ether oxygens (including phenoxy) is 1. The van der Waals surface area contributed by atoms with Crippen molar-refractivity contribution in [2.24, 2.45) is 0 Å². The van der Waals surface area contributed by atoms with Crippen LogP contribution in [-0.4, -0.2) is 32.5 Å². The maximum atomic E-state index is 11.2. The van der Waals surface area contributed by atoms with Crippen molar-refractivity contribution in [1.82, 2.24) is 0 Å². The Kier molecular flexibility index (Phi) is 6.64. The molecule has 104 valence electrons. The van der Waals surface area contributed by atoms with Gasteiger partial charge in [0.05, 0.1) is 6.61 Å². The van der Waals surface area contributed by atoms with Crippen LogP contribution < -0.4 is 4.90 Å². The first kappa shape index (κ1) is 15.2. The number of carbonyl (C=O) groups is 2. The van der Waals surface area contributed by atoms with Crippen LogP contribution in [0.25, 0.3) is 0 Å². The molecule has 0 bridgehead atoms. The average Bonchev–Trinajstić information content (AvgIpc) is 2.44. The number of rotatable bonds is 8. The quantitative estimate of drug-likeness (QED) is 0.411. The number of hydrogen-bond acceptors (Lipinski definition) is 4. The van der Waals surface area contributed by atoms with Crippen LogP contribution in [0.2, 0.25) is 0 Å². The Morgan fingerprint density at radius 1 is 1.26 bits per heavy atom. The summed E-state index contributed by atoms with van der Waals surface area (Å²) in [6.45, 7) is 3.14. The van der Waals surface area contributed by atoms with E-state index in [1.54, 1.807) is 12.1 Å². The summed E-state index contributed by atoms with van der Waals surface area (Å²) in [7, 11) is 2.00. The molecule has 19 heavy (non-hydrogen) atoms. The van der Waals surface area contributed by atoms with Gasteiger partial charge in [-0.15, -0.1) is 0 Å². The second-order valence-electron chi connectivity index (χ2n) is 4.39. The van der Waals surface area contributed by atoms with E-state index in [2.05, 4.69) is 4.90 Å². The number of nitrogens with zero attached hydrogens (tertiary/aromatic N) is 1. The maximum absolute atomic E-state index is 11.2. The molecule has 0 heterocycles. The molecule has 4 heteroatoms. The summed E-state index contributed by atoms with van der Waals surface area (Å²) in [5, 5.41) is 0. The van der Waals surface area contributed by atoms with Gasteiger partial charge in [0.1, 0.15) is 6.29 Å². The third-order valence-corrected chi connectivity index (χ3v) is 2.90. The molecule has 0 fully saturated rings. The molecule has 1 rings (SSSR count). The molecule has 1 aromatic carbocycles. The Labute approximate surface area is 114 Å². The smallest absolute Gasteiger partial charge is 0.305 e. The van der Waals surface area contributed by atoms with Crippen LogP contribution in [-0.2, 0) is 9.53 Å². The number of hydrogen-bond donors (Lipinski definition) is 0. The van der Waals surface area contributed by atoms with Crippen molar-refractivity contribution in [3.05, 3.63) is 29.8 Å². The third kappa shape index (κ3) is 5.55. The molecule has 0 atom stereocenters. The minimum absolute atomic E-state index is 0.125. The first-order chi connectivity index (χ1) is 9.17. The number of benzene rings is 1. The van der Waals surface area contributed by atoms with Crippen LogP contribution in [0.5, 0.6) is 0 Å². The number of unbranched alkanes of at least 4 members (excludes halogenated alkanes) is 1. The van der Waals surface area contributed by atoms with E-state index in [0.717, 1.165) is 31.4 Å². The lowest BCUT2D eigenvalue weighted by molar-refractivity contribution is -0.143. The van der Waals surface area contributed by atoms with Crippen molar-refractivity contribution in [3.63, 3.8) is 0 Å². The molecule has 4 nitrogen and oxygen atoms in total. The third-order valence-electron chi connectivity index (χ3n) is 2.90. The highest BCUT2D eigenvalue weighted by Crippen LogP contribution is 2.14. The van der Waals surface area contributed by atoms with Gasteiger partial charge >= 0.3 is 5.97 Å². The fraction of sp³-hybridized carbons (Fsp3) is 0.467. The highest BCUT2D eigenvalue weighted by molar-refractivity contribution is 5.75. The van der Waals surface area contributed by atoms with Gasteiger partial charge in [0.15, 0.2) is 0 Å². The zero-order chi connectivity index (χ0) is 14.1. The van der Waals surface area contributed by atoms with Gasteiger partial charge in [0.25, 0.3) is 0 Å². The van der Waals surface area contributed by atoms with Crippen molar-refractivity contribution in [3.8, 4) is 0 Å². The molecule has 0 unspecified atom stereocenters. The standard InChI is InChI=1S/C15H21NO3/c1-3-19-15(18)6-4-5-11-16(2)14-9-7-13(12-17)8-10-14/h7-10,12H,3-6,11H2,1-2H3. The summed E-state index contributed by atoms with van der Waals surface area (Å²) in [6, 6.07) is 7.46. The van der Waals surface area contributed by atoms with Crippen molar-refractivity contribution >= 4 is 17.9 Å². The Bertz CT molecular complexity index is 400. The highest BCUT2D eigenvalue weighted by atomic mass is 16.5. The fourth-order valence-electron chi connectivity index (χ4n) is 1.79. The van der Waals surface area contributed by atoms with Gasteiger partial charge in [-0.05, 0) is 44.0 Å². The summed E-state index contributed by atoms with van der Waals surface area (Å²) in [4.78, 5) is 23.8. The number of anilines is 1. The first-order valence-corrected chi connectivity index (χ1v) is 6.59. The summed E-state index contributed by atoms with van der Waals surface area (Å²) < 4.78 is 4.87. The lowest BCUT2D eigenvalue weighted by Crippen LogP contribution is -2.18. The van der Waals surface area contributed by atoms with Crippen LogP contribution in [0.4, 0.5) is 5.69 Å². The van der Waals surface area contributed by atoms with Gasteiger partial charge in [-0.25, -0.2) is 0 Å². The highest BCUT2D eigenvalue weighted by Gasteiger charge is 2.03. The molecular weight excluding hydrogens is 242 g/mol. The van der Waals surface area contributed by atoms with E-state index in [4.69, 9.17) is 4.74 Å². The minimum atomic E-state index is -0.125. The van der Waals surface area contributed by atoms with Gasteiger partial charge in [0.2, 0.25) is 0 Å². The molecular formula is C15H21NO3. The molecule has 0 saturated heterocycles. The minimum Gasteiger partial charge on any atom is -0.466 e. The van der Waals surface area contributed by atoms with Crippen molar-refractivity contribution in [1.29, 1.82) is 0 Å². The van der Waals surface area contributed by atoms with Crippen molar-refractivity contribution < 1.29 is 14.3 Å². The van der Waals surface area contributed by atoms with Crippen LogP contribution in [0.15, 0.2) is 24.3 Å². The zero-order valence-corrected chi connectivity index (χ0v) is 11.6. The van der Waals surface area contributed by atoms with Gasteiger partial charge < -0.3 is 9.64 Å². The van der Waals surface area contributed by atoms with E-state index in [-0.39, 0.29) is 5.97 Å². The van der Waals surface area contributed by atoms with Gasteiger partial charge in [-0.2, -0.15) is 0 Å². The molecule has 0 aliphatic rings. The molecule has 0 aromatic heterocycles. The number of esters is 1. The molecule has 0 saturated carbocycles. The van der Waals surface area contributed by atoms with E-state index in [1.807, 2.05) is 26.1 Å². The summed E-state index contributed by atoms with van der Waals surface area (Å²) in [5.41, 5.74) is 1.75. The lowest BCUT2D eigenvalue weighted by atomic mass is 10.2. The van der Waals surface area contributed by atoms with E-state index in [9.17, 15) is 9.59 Å². The summed E-state index contributed by atoms with van der Waals surface area (Å²) >= 11 is 0. The zero-order valence-electron chi connectivity index (χ0n) is 11.6. The fourth-order valence-corrected chi connectivity index (χ4v) is 1.79. The SMILES string of the molecule is CCOC(=O)CCCCN(C)c1ccc(C=O)cc1. The molecule has 0 N–H and O–H groups in total. The first-order valence-electron chi connectivity index (χ1n) is 6.59.